The van der Waals surface area contributed by atoms with Crippen LogP contribution in [-0.2, 0) is 4.74 Å². The number of nitrogens with one attached hydrogen (secondary N) is 2. The molecular formula is C16H25N3O2. The summed E-state index contributed by atoms with van der Waals surface area (Å²) in [5, 5.41) is 5.68. The Morgan fingerprint density at radius 3 is 2.86 bits per heavy atom. The van der Waals surface area contributed by atoms with Gasteiger partial charge in [0, 0.05) is 31.9 Å². The third-order valence-electron chi connectivity index (χ3n) is 3.37. The monoisotopic (exact) mass is 291 g/mol. The van der Waals surface area contributed by atoms with Crippen molar-refractivity contribution in [1.29, 1.82) is 0 Å². The number of urea groups is 1. The maximum absolute atomic E-state index is 11.8. The molecule has 0 saturated carbocycles. The Hall–Kier alpha value is -1.59. The number of morpholine rings is 1. The van der Waals surface area contributed by atoms with Gasteiger partial charge in [-0.2, -0.15) is 0 Å². The van der Waals surface area contributed by atoms with Crippen LogP contribution in [0.4, 0.5) is 10.5 Å². The molecule has 0 aromatic heterocycles. The van der Waals surface area contributed by atoms with E-state index >= 15 is 0 Å². The van der Waals surface area contributed by atoms with E-state index in [1.54, 1.807) is 0 Å². The van der Waals surface area contributed by atoms with Crippen LogP contribution in [0.3, 0.4) is 0 Å². The molecule has 1 aliphatic rings. The first-order valence-electron chi connectivity index (χ1n) is 7.57. The molecule has 0 aliphatic carbocycles. The number of rotatable bonds is 5. The van der Waals surface area contributed by atoms with Gasteiger partial charge in [0.25, 0.3) is 0 Å². The van der Waals surface area contributed by atoms with Crippen LogP contribution in [0.25, 0.3) is 0 Å². The summed E-state index contributed by atoms with van der Waals surface area (Å²) in [6.45, 7) is 8.64. The van der Waals surface area contributed by atoms with Gasteiger partial charge in [-0.3, -0.25) is 4.90 Å². The van der Waals surface area contributed by atoms with Gasteiger partial charge in [-0.15, -0.1) is 0 Å². The average Bonchev–Trinajstić information content (AvgIpc) is 2.46. The number of ether oxygens (including phenoxy) is 1. The van der Waals surface area contributed by atoms with Gasteiger partial charge >= 0.3 is 6.03 Å². The Labute approximate surface area is 126 Å². The van der Waals surface area contributed by atoms with E-state index in [2.05, 4.69) is 29.4 Å². The van der Waals surface area contributed by atoms with Crippen molar-refractivity contribution in [2.24, 2.45) is 5.92 Å². The zero-order chi connectivity index (χ0) is 15.1. The Morgan fingerprint density at radius 1 is 1.38 bits per heavy atom. The number of carbonyl (C=O) groups excluding carboxylic acids is 1. The first kappa shape index (κ1) is 15.8. The molecule has 0 bridgehead atoms. The van der Waals surface area contributed by atoms with E-state index in [-0.39, 0.29) is 12.1 Å². The summed E-state index contributed by atoms with van der Waals surface area (Å²) in [5.41, 5.74) is 0.793. The van der Waals surface area contributed by atoms with E-state index in [0.717, 1.165) is 31.9 Å². The maximum atomic E-state index is 11.8. The molecular weight excluding hydrogens is 266 g/mol. The highest BCUT2D eigenvalue weighted by Gasteiger charge is 2.21. The minimum atomic E-state index is -0.189. The molecule has 1 aromatic rings. The van der Waals surface area contributed by atoms with Crippen molar-refractivity contribution in [2.45, 2.75) is 20.0 Å². The van der Waals surface area contributed by atoms with Crippen molar-refractivity contribution < 1.29 is 9.53 Å². The molecule has 5 nitrogen and oxygen atoms in total. The fourth-order valence-electron chi connectivity index (χ4n) is 2.49. The number of amides is 2. The molecule has 1 aromatic carbocycles. The molecule has 1 atom stereocenters. The van der Waals surface area contributed by atoms with E-state index in [1.165, 1.54) is 0 Å². The van der Waals surface area contributed by atoms with Crippen molar-refractivity contribution in [3.05, 3.63) is 30.3 Å². The summed E-state index contributed by atoms with van der Waals surface area (Å²) in [5.74, 6) is 0.651. The van der Waals surface area contributed by atoms with Gasteiger partial charge in [-0.25, -0.2) is 4.79 Å². The molecule has 2 N–H and O–H groups in total. The first-order chi connectivity index (χ1) is 10.1. The first-order valence-corrected chi connectivity index (χ1v) is 7.57. The molecule has 2 rings (SSSR count). The summed E-state index contributed by atoms with van der Waals surface area (Å²) in [4.78, 5) is 14.2. The highest BCUT2D eigenvalue weighted by atomic mass is 16.5. The van der Waals surface area contributed by atoms with Crippen LogP contribution in [0, 0.1) is 5.92 Å². The third kappa shape index (κ3) is 5.73. The summed E-state index contributed by atoms with van der Waals surface area (Å²) >= 11 is 0. The third-order valence-corrected chi connectivity index (χ3v) is 3.37. The number of anilines is 1. The largest absolute Gasteiger partial charge is 0.374 e. The number of hydrogen-bond acceptors (Lipinski definition) is 3. The number of benzene rings is 1. The van der Waals surface area contributed by atoms with Crippen LogP contribution in [0.15, 0.2) is 30.3 Å². The molecule has 0 radical (unpaired) electrons. The fraction of sp³-hybridized carbons (Fsp3) is 0.562. The normalized spacial score (nSPS) is 19.5. The molecule has 21 heavy (non-hydrogen) atoms. The summed E-state index contributed by atoms with van der Waals surface area (Å²) in [6.07, 6.45) is 0.0685. The molecule has 1 saturated heterocycles. The summed E-state index contributed by atoms with van der Waals surface area (Å²) in [7, 11) is 0. The van der Waals surface area contributed by atoms with E-state index in [1.807, 2.05) is 30.3 Å². The zero-order valence-electron chi connectivity index (χ0n) is 12.8. The van der Waals surface area contributed by atoms with Crippen molar-refractivity contribution in [1.82, 2.24) is 10.2 Å². The van der Waals surface area contributed by atoms with Crippen molar-refractivity contribution in [3.8, 4) is 0 Å². The lowest BCUT2D eigenvalue weighted by Gasteiger charge is -2.33. The average molecular weight is 291 g/mol. The molecule has 1 aliphatic heterocycles. The molecule has 2 amide bonds. The quantitative estimate of drug-likeness (QED) is 0.874. The number of nitrogens with zero attached hydrogens (tertiary/aromatic N) is 1. The second-order valence-corrected chi connectivity index (χ2v) is 5.85. The Morgan fingerprint density at radius 2 is 2.14 bits per heavy atom. The second-order valence-electron chi connectivity index (χ2n) is 5.85. The number of carbonyl (C=O) groups is 1. The van der Waals surface area contributed by atoms with Crippen LogP contribution in [-0.4, -0.2) is 49.8 Å². The van der Waals surface area contributed by atoms with Crippen molar-refractivity contribution in [3.63, 3.8) is 0 Å². The van der Waals surface area contributed by atoms with Crippen LogP contribution in [0.1, 0.15) is 13.8 Å². The molecule has 1 heterocycles. The van der Waals surface area contributed by atoms with Crippen LogP contribution < -0.4 is 10.6 Å². The van der Waals surface area contributed by atoms with Crippen LogP contribution >= 0.6 is 0 Å². The minimum Gasteiger partial charge on any atom is -0.374 e. The predicted octanol–water partition coefficient (Wildman–Crippen LogP) is 2.16. The number of para-hydroxylation sites is 1. The Bertz CT molecular complexity index is 436. The van der Waals surface area contributed by atoms with E-state index in [9.17, 15) is 4.79 Å². The van der Waals surface area contributed by atoms with Gasteiger partial charge in [-0.1, -0.05) is 32.0 Å². The predicted molar refractivity (Wildman–Crippen MR) is 84.5 cm³/mol. The molecule has 0 spiro atoms. The van der Waals surface area contributed by atoms with Gasteiger partial charge in [-0.05, 0) is 18.1 Å². The van der Waals surface area contributed by atoms with Crippen LogP contribution in [0.2, 0.25) is 0 Å². The lowest BCUT2D eigenvalue weighted by Crippen LogP contribution is -2.48. The van der Waals surface area contributed by atoms with Gasteiger partial charge < -0.3 is 15.4 Å². The van der Waals surface area contributed by atoms with E-state index < -0.39 is 0 Å². The van der Waals surface area contributed by atoms with E-state index in [0.29, 0.717) is 12.5 Å². The topological polar surface area (TPSA) is 53.6 Å². The minimum absolute atomic E-state index is 0.0685. The van der Waals surface area contributed by atoms with Gasteiger partial charge in [0.15, 0.2) is 0 Å². The van der Waals surface area contributed by atoms with Crippen molar-refractivity contribution in [2.75, 3.05) is 38.1 Å². The lowest BCUT2D eigenvalue weighted by molar-refractivity contribution is -0.0288. The molecule has 116 valence electrons. The molecule has 1 fully saturated rings. The second kappa shape index (κ2) is 8.00. The van der Waals surface area contributed by atoms with Gasteiger partial charge in [0.05, 0.1) is 12.7 Å². The fourth-order valence-corrected chi connectivity index (χ4v) is 2.49. The highest BCUT2D eigenvalue weighted by molar-refractivity contribution is 5.89. The Balaban J connectivity index is 1.71. The van der Waals surface area contributed by atoms with E-state index in [4.69, 9.17) is 4.74 Å². The van der Waals surface area contributed by atoms with Gasteiger partial charge in [0.1, 0.15) is 0 Å². The summed E-state index contributed by atoms with van der Waals surface area (Å²) < 4.78 is 5.71. The standard InChI is InChI=1S/C16H25N3O2/c1-13(2)11-19-8-9-21-15(12-19)10-17-16(20)18-14-6-4-3-5-7-14/h3-7,13,15H,8-12H2,1-2H3,(H2,17,18,20)/t15-/m1/s1. The smallest absolute Gasteiger partial charge is 0.319 e. The SMILES string of the molecule is CC(C)CN1CCO[C@H](CNC(=O)Nc2ccccc2)C1. The lowest BCUT2D eigenvalue weighted by atomic mass is 10.2. The van der Waals surface area contributed by atoms with Gasteiger partial charge in [0.2, 0.25) is 0 Å². The molecule has 5 heteroatoms. The Kier molecular flexibility index (Phi) is 6.02. The molecule has 0 unspecified atom stereocenters. The van der Waals surface area contributed by atoms with Crippen LogP contribution in [0.5, 0.6) is 0 Å². The maximum Gasteiger partial charge on any atom is 0.319 e. The number of hydrogen-bond donors (Lipinski definition) is 2. The highest BCUT2D eigenvalue weighted by Crippen LogP contribution is 2.08. The zero-order valence-corrected chi connectivity index (χ0v) is 12.8. The summed E-state index contributed by atoms with van der Waals surface area (Å²) in [6, 6.07) is 9.24. The van der Waals surface area contributed by atoms with Crippen molar-refractivity contribution >= 4 is 11.7 Å².